The molecule has 1 rings (SSSR count). The highest BCUT2D eigenvalue weighted by atomic mass is 28.4. The van der Waals surface area contributed by atoms with Gasteiger partial charge in [0, 0.05) is 25.8 Å². The first-order valence-corrected chi connectivity index (χ1v) is 14.6. The molecule has 1 aromatic rings. The number of rotatable bonds is 14. The van der Waals surface area contributed by atoms with Crippen LogP contribution in [0.2, 0.25) is 18.1 Å². The molecule has 0 aliphatic heterocycles. The van der Waals surface area contributed by atoms with Crippen molar-refractivity contribution in [3.05, 3.63) is 46.6 Å². The average Bonchev–Trinajstić information content (AvgIpc) is 2.72. The number of allylic oxidation sites excluding steroid dienone is 4. The van der Waals surface area contributed by atoms with E-state index in [1.807, 2.05) is 12.1 Å². The van der Waals surface area contributed by atoms with Gasteiger partial charge in [-0.05, 0) is 69.8 Å². The number of methoxy groups -OCH3 is 2. The van der Waals surface area contributed by atoms with E-state index in [0.717, 1.165) is 36.1 Å². The van der Waals surface area contributed by atoms with Crippen molar-refractivity contribution in [1.29, 1.82) is 0 Å². The first-order valence-electron chi connectivity index (χ1n) is 11.7. The molecule has 0 heterocycles. The molecule has 0 aliphatic rings. The predicted octanol–water partition coefficient (Wildman–Crippen LogP) is 7.41. The molecule has 0 radical (unpaired) electrons. The Morgan fingerprint density at radius 2 is 1.58 bits per heavy atom. The minimum absolute atomic E-state index is 0.133. The van der Waals surface area contributed by atoms with Gasteiger partial charge in [-0.25, -0.2) is 0 Å². The van der Waals surface area contributed by atoms with Crippen LogP contribution in [0.5, 0.6) is 11.5 Å². The maximum atomic E-state index is 6.57. The van der Waals surface area contributed by atoms with E-state index in [0.29, 0.717) is 12.4 Å². The molecule has 6 heteroatoms. The second kappa shape index (κ2) is 13.9. The van der Waals surface area contributed by atoms with Gasteiger partial charge in [0.1, 0.15) is 11.5 Å². The van der Waals surface area contributed by atoms with Crippen LogP contribution in [-0.4, -0.2) is 36.1 Å². The smallest absolute Gasteiger partial charge is 0.192 e. The molecule has 0 N–H and O–H groups in total. The van der Waals surface area contributed by atoms with Gasteiger partial charge >= 0.3 is 0 Å². The molecule has 0 aromatic heterocycles. The van der Waals surface area contributed by atoms with Crippen LogP contribution in [0.15, 0.2) is 35.4 Å². The summed E-state index contributed by atoms with van der Waals surface area (Å²) in [6, 6.07) is 3.96. The van der Waals surface area contributed by atoms with Crippen LogP contribution in [0.25, 0.3) is 0 Å². The normalized spacial score (nSPS) is 12.6. The van der Waals surface area contributed by atoms with Gasteiger partial charge in [-0.3, -0.25) is 0 Å². The molecular formula is C27H46O5Si. The van der Waals surface area contributed by atoms with Crippen molar-refractivity contribution in [3.8, 4) is 11.5 Å². The molecule has 0 amide bonds. The maximum Gasteiger partial charge on any atom is 0.192 e. The molecule has 5 nitrogen and oxygen atoms in total. The number of hydrogen-bond donors (Lipinski definition) is 0. The van der Waals surface area contributed by atoms with E-state index in [-0.39, 0.29) is 18.6 Å². The average molecular weight is 479 g/mol. The molecular weight excluding hydrogens is 432 g/mol. The SMILES string of the molecule is COCOc1cc(CO[Si](C)(C)C(C)(C)C)c(C/C=C(\C)CCC=C(C)C)c(OCOC)c1. The highest BCUT2D eigenvalue weighted by molar-refractivity contribution is 6.74. The standard InChI is InChI=1S/C27H46O5Si/c1-21(2)12-11-13-22(3)14-15-25-23(18-32-33(9,10)27(4,5)6)16-24(30-19-28-7)17-26(25)31-20-29-8/h12,14,16-17H,11,13,15,18-20H2,1-10H3/b22-14+. The summed E-state index contributed by atoms with van der Waals surface area (Å²) < 4.78 is 28.6. The fourth-order valence-electron chi connectivity index (χ4n) is 2.94. The number of ether oxygens (including phenoxy) is 4. The highest BCUT2D eigenvalue weighted by Gasteiger charge is 2.37. The summed E-state index contributed by atoms with van der Waals surface area (Å²) in [6.07, 6.45) is 7.44. The summed E-state index contributed by atoms with van der Waals surface area (Å²) >= 11 is 0. The van der Waals surface area contributed by atoms with Crippen LogP contribution in [0.1, 0.15) is 65.5 Å². The molecule has 0 fully saturated rings. The lowest BCUT2D eigenvalue weighted by Gasteiger charge is -2.36. The van der Waals surface area contributed by atoms with E-state index in [4.69, 9.17) is 23.4 Å². The Morgan fingerprint density at radius 1 is 0.939 bits per heavy atom. The number of benzene rings is 1. The third-order valence-electron chi connectivity index (χ3n) is 6.09. The summed E-state index contributed by atoms with van der Waals surface area (Å²) in [5.41, 5.74) is 4.90. The van der Waals surface area contributed by atoms with Crippen molar-refractivity contribution >= 4 is 8.32 Å². The van der Waals surface area contributed by atoms with E-state index in [1.54, 1.807) is 14.2 Å². The highest BCUT2D eigenvalue weighted by Crippen LogP contribution is 2.38. The van der Waals surface area contributed by atoms with Gasteiger partial charge in [0.05, 0.1) is 6.61 Å². The van der Waals surface area contributed by atoms with E-state index in [1.165, 1.54) is 11.1 Å². The van der Waals surface area contributed by atoms with Crippen LogP contribution < -0.4 is 9.47 Å². The summed E-state index contributed by atoms with van der Waals surface area (Å²) in [5.74, 6) is 1.46. The minimum Gasteiger partial charge on any atom is -0.467 e. The Hall–Kier alpha value is -1.60. The Labute approximate surface area is 203 Å². The summed E-state index contributed by atoms with van der Waals surface area (Å²) in [6.45, 7) is 18.6. The van der Waals surface area contributed by atoms with Crippen LogP contribution in [0.3, 0.4) is 0 Å². The van der Waals surface area contributed by atoms with Crippen molar-refractivity contribution in [1.82, 2.24) is 0 Å². The topological polar surface area (TPSA) is 46.2 Å². The molecule has 33 heavy (non-hydrogen) atoms. The van der Waals surface area contributed by atoms with E-state index in [2.05, 4.69) is 66.8 Å². The van der Waals surface area contributed by atoms with Gasteiger partial charge < -0.3 is 23.4 Å². The van der Waals surface area contributed by atoms with E-state index < -0.39 is 8.32 Å². The second-order valence-corrected chi connectivity index (χ2v) is 15.1. The first-order chi connectivity index (χ1) is 15.4. The van der Waals surface area contributed by atoms with E-state index in [9.17, 15) is 0 Å². The van der Waals surface area contributed by atoms with Gasteiger partial charge in [-0.1, -0.05) is 44.1 Å². The van der Waals surface area contributed by atoms with Gasteiger partial charge in [0.15, 0.2) is 21.9 Å². The van der Waals surface area contributed by atoms with E-state index >= 15 is 0 Å². The Morgan fingerprint density at radius 3 is 2.15 bits per heavy atom. The molecule has 0 saturated carbocycles. The fourth-order valence-corrected chi connectivity index (χ4v) is 3.89. The molecule has 1 aromatic carbocycles. The summed E-state index contributed by atoms with van der Waals surface area (Å²) in [7, 11) is 1.31. The Kier molecular flexibility index (Phi) is 12.4. The Balaban J connectivity index is 3.29. The van der Waals surface area contributed by atoms with Crippen LogP contribution in [0.4, 0.5) is 0 Å². The fraction of sp³-hybridized carbons (Fsp3) is 0.630. The molecule has 188 valence electrons. The Bertz CT molecular complexity index is 786. The zero-order chi connectivity index (χ0) is 25.1. The van der Waals surface area contributed by atoms with Crippen molar-refractivity contribution in [2.24, 2.45) is 0 Å². The van der Waals surface area contributed by atoms with Crippen molar-refractivity contribution in [2.75, 3.05) is 27.8 Å². The minimum atomic E-state index is -1.92. The first kappa shape index (κ1) is 29.4. The lowest BCUT2D eigenvalue weighted by Crippen LogP contribution is -2.40. The molecule has 0 spiro atoms. The zero-order valence-electron chi connectivity index (χ0n) is 22.6. The number of hydrogen-bond acceptors (Lipinski definition) is 5. The van der Waals surface area contributed by atoms with Crippen molar-refractivity contribution < 1.29 is 23.4 Å². The van der Waals surface area contributed by atoms with Gasteiger partial charge in [0.25, 0.3) is 0 Å². The predicted molar refractivity (Wildman–Crippen MR) is 140 cm³/mol. The monoisotopic (exact) mass is 478 g/mol. The second-order valence-electron chi connectivity index (χ2n) is 10.3. The van der Waals surface area contributed by atoms with Crippen LogP contribution in [0, 0.1) is 0 Å². The summed E-state index contributed by atoms with van der Waals surface area (Å²) in [4.78, 5) is 0. The van der Waals surface area contributed by atoms with Gasteiger partial charge in [0.2, 0.25) is 0 Å². The largest absolute Gasteiger partial charge is 0.467 e. The molecule has 0 bridgehead atoms. The molecule has 0 unspecified atom stereocenters. The lowest BCUT2D eigenvalue weighted by molar-refractivity contribution is 0.0454. The van der Waals surface area contributed by atoms with Crippen molar-refractivity contribution in [3.63, 3.8) is 0 Å². The third-order valence-corrected chi connectivity index (χ3v) is 10.6. The van der Waals surface area contributed by atoms with Crippen molar-refractivity contribution in [2.45, 2.75) is 85.5 Å². The lowest BCUT2D eigenvalue weighted by atomic mass is 10.0. The zero-order valence-corrected chi connectivity index (χ0v) is 23.6. The molecule has 0 aliphatic carbocycles. The molecule has 0 atom stereocenters. The maximum absolute atomic E-state index is 6.57. The van der Waals surface area contributed by atoms with Crippen LogP contribution >= 0.6 is 0 Å². The van der Waals surface area contributed by atoms with Crippen LogP contribution in [-0.2, 0) is 26.9 Å². The molecule has 0 saturated heterocycles. The van der Waals surface area contributed by atoms with Gasteiger partial charge in [-0.15, -0.1) is 0 Å². The summed E-state index contributed by atoms with van der Waals surface area (Å²) in [5, 5.41) is 0.133. The quantitative estimate of drug-likeness (QED) is 0.158. The third kappa shape index (κ3) is 10.5. The van der Waals surface area contributed by atoms with Gasteiger partial charge in [-0.2, -0.15) is 0 Å².